The lowest BCUT2D eigenvalue weighted by Gasteiger charge is -2.09. The normalized spacial score (nSPS) is 10.9. The average molecular weight is 325 g/mol. The van der Waals surface area contributed by atoms with E-state index >= 15 is 0 Å². The van der Waals surface area contributed by atoms with Gasteiger partial charge < -0.3 is 15.6 Å². The number of anilines is 2. The average Bonchev–Trinajstić information content (AvgIpc) is 2.49. The topological polar surface area (TPSA) is 91.1 Å². The smallest absolute Gasteiger partial charge is 0.366 e. The van der Waals surface area contributed by atoms with E-state index in [-0.39, 0.29) is 11.4 Å². The molecule has 2 amide bonds. The number of aromatic nitrogens is 1. The molecule has 6 nitrogen and oxygen atoms in total. The van der Waals surface area contributed by atoms with E-state index in [4.69, 9.17) is 0 Å². The van der Waals surface area contributed by atoms with Gasteiger partial charge in [0.25, 0.3) is 0 Å². The summed E-state index contributed by atoms with van der Waals surface area (Å²) < 4.78 is 37.7. The van der Waals surface area contributed by atoms with E-state index in [2.05, 4.69) is 10.3 Å². The first-order valence-corrected chi connectivity index (χ1v) is 6.24. The number of hydrogen-bond donors (Lipinski definition) is 3. The number of pyridine rings is 1. The van der Waals surface area contributed by atoms with Crippen LogP contribution in [0, 0.1) is 0 Å². The standard InChI is InChI=1S/C14H10F3N3O3/c15-14(16,17)8-2-1-3-9(6-8)19-12(22)13(23)20-10-7-18-5-4-11(10)21/h1-7H,(H,18,21)(H,19,22)(H,20,23). The van der Waals surface area contributed by atoms with E-state index < -0.39 is 29.0 Å². The zero-order valence-electron chi connectivity index (χ0n) is 11.4. The Kier molecular flexibility index (Phi) is 4.49. The van der Waals surface area contributed by atoms with Crippen molar-refractivity contribution in [3.8, 4) is 0 Å². The molecule has 2 aromatic rings. The summed E-state index contributed by atoms with van der Waals surface area (Å²) >= 11 is 0. The third kappa shape index (κ3) is 4.19. The molecule has 0 unspecified atom stereocenters. The van der Waals surface area contributed by atoms with Crippen molar-refractivity contribution in [1.82, 2.24) is 4.98 Å². The molecule has 2 rings (SSSR count). The number of carbonyl (C=O) groups is 2. The molecule has 0 atom stereocenters. The van der Waals surface area contributed by atoms with Crippen LogP contribution in [-0.2, 0) is 15.8 Å². The maximum absolute atomic E-state index is 12.6. The monoisotopic (exact) mass is 325 g/mol. The number of aromatic amines is 1. The van der Waals surface area contributed by atoms with Crippen molar-refractivity contribution in [1.29, 1.82) is 0 Å². The SMILES string of the molecule is O=C(Nc1cccc(C(F)(F)F)c1)C(=O)Nc1c[nH]ccc1=O. The number of hydrogen-bond acceptors (Lipinski definition) is 3. The van der Waals surface area contributed by atoms with Crippen molar-refractivity contribution in [2.24, 2.45) is 0 Å². The lowest BCUT2D eigenvalue weighted by molar-refractivity contribution is -0.137. The van der Waals surface area contributed by atoms with Crippen LogP contribution >= 0.6 is 0 Å². The summed E-state index contributed by atoms with van der Waals surface area (Å²) in [6.07, 6.45) is -2.06. The zero-order valence-corrected chi connectivity index (χ0v) is 11.4. The maximum Gasteiger partial charge on any atom is 0.416 e. The number of amides is 2. The number of nitrogens with one attached hydrogen (secondary N) is 3. The van der Waals surface area contributed by atoms with E-state index in [1.165, 1.54) is 18.5 Å². The molecule has 120 valence electrons. The Bertz CT molecular complexity index is 799. The highest BCUT2D eigenvalue weighted by molar-refractivity contribution is 6.43. The quantitative estimate of drug-likeness (QED) is 0.737. The van der Waals surface area contributed by atoms with Crippen molar-refractivity contribution in [2.75, 3.05) is 10.6 Å². The molecular weight excluding hydrogens is 315 g/mol. The Morgan fingerprint density at radius 3 is 2.39 bits per heavy atom. The van der Waals surface area contributed by atoms with Crippen LogP contribution in [0.1, 0.15) is 5.56 Å². The lowest BCUT2D eigenvalue weighted by atomic mass is 10.2. The van der Waals surface area contributed by atoms with Gasteiger partial charge in [0.05, 0.1) is 5.56 Å². The molecule has 9 heteroatoms. The molecule has 0 saturated carbocycles. The third-order valence-electron chi connectivity index (χ3n) is 2.73. The number of rotatable bonds is 2. The Balaban J connectivity index is 2.09. The van der Waals surface area contributed by atoms with E-state index in [0.29, 0.717) is 6.07 Å². The van der Waals surface area contributed by atoms with E-state index in [1.807, 2.05) is 5.32 Å². The molecule has 0 bridgehead atoms. The molecule has 0 aliphatic carbocycles. The second-order valence-electron chi connectivity index (χ2n) is 4.41. The van der Waals surface area contributed by atoms with Crippen LogP contribution < -0.4 is 16.1 Å². The highest BCUT2D eigenvalue weighted by Crippen LogP contribution is 2.30. The van der Waals surface area contributed by atoms with Gasteiger partial charge in [0, 0.05) is 24.1 Å². The van der Waals surface area contributed by atoms with Crippen molar-refractivity contribution in [2.45, 2.75) is 6.18 Å². The fourth-order valence-corrected chi connectivity index (χ4v) is 1.65. The van der Waals surface area contributed by atoms with Crippen molar-refractivity contribution in [3.05, 3.63) is 58.5 Å². The summed E-state index contributed by atoms with van der Waals surface area (Å²) in [5.41, 5.74) is -1.84. The first-order chi connectivity index (χ1) is 10.8. The first-order valence-electron chi connectivity index (χ1n) is 6.24. The van der Waals surface area contributed by atoms with Crippen molar-refractivity contribution >= 4 is 23.2 Å². The fourth-order valence-electron chi connectivity index (χ4n) is 1.65. The number of benzene rings is 1. The van der Waals surface area contributed by atoms with Gasteiger partial charge in [-0.25, -0.2) is 0 Å². The summed E-state index contributed by atoms with van der Waals surface area (Å²) in [6.45, 7) is 0. The van der Waals surface area contributed by atoms with Gasteiger partial charge in [-0.05, 0) is 18.2 Å². The lowest BCUT2D eigenvalue weighted by Crippen LogP contribution is -2.31. The van der Waals surface area contributed by atoms with Gasteiger partial charge in [-0.1, -0.05) is 6.07 Å². The van der Waals surface area contributed by atoms with Crippen LogP contribution in [0.5, 0.6) is 0 Å². The van der Waals surface area contributed by atoms with Crippen molar-refractivity contribution < 1.29 is 22.8 Å². The number of H-pyrrole nitrogens is 1. The molecule has 1 aromatic heterocycles. The molecule has 0 fully saturated rings. The second kappa shape index (κ2) is 6.34. The molecule has 1 aromatic carbocycles. The maximum atomic E-state index is 12.6. The minimum atomic E-state index is -4.57. The Labute approximate surface area is 127 Å². The molecule has 0 radical (unpaired) electrons. The molecule has 3 N–H and O–H groups in total. The summed E-state index contributed by atoms with van der Waals surface area (Å²) in [5.74, 6) is -2.38. The molecular formula is C14H10F3N3O3. The van der Waals surface area contributed by atoms with Gasteiger partial charge in [-0.2, -0.15) is 13.2 Å². The van der Waals surface area contributed by atoms with Crippen LogP contribution in [0.15, 0.2) is 47.5 Å². The van der Waals surface area contributed by atoms with Gasteiger partial charge in [0.2, 0.25) is 5.43 Å². The van der Waals surface area contributed by atoms with Gasteiger partial charge in [-0.3, -0.25) is 14.4 Å². The Morgan fingerprint density at radius 1 is 1.04 bits per heavy atom. The highest BCUT2D eigenvalue weighted by Gasteiger charge is 2.30. The number of alkyl halides is 3. The third-order valence-corrected chi connectivity index (χ3v) is 2.73. The molecule has 1 heterocycles. The minimum Gasteiger partial charge on any atom is -0.366 e. The van der Waals surface area contributed by atoms with Crippen LogP contribution in [0.3, 0.4) is 0 Å². The van der Waals surface area contributed by atoms with E-state index in [0.717, 1.165) is 18.2 Å². The minimum absolute atomic E-state index is 0.156. The van der Waals surface area contributed by atoms with E-state index in [1.54, 1.807) is 0 Å². The summed E-state index contributed by atoms with van der Waals surface area (Å²) in [6, 6.07) is 4.97. The van der Waals surface area contributed by atoms with Gasteiger partial charge >= 0.3 is 18.0 Å². The number of halogens is 3. The highest BCUT2D eigenvalue weighted by atomic mass is 19.4. The fraction of sp³-hybridized carbons (Fsp3) is 0.0714. The van der Waals surface area contributed by atoms with Gasteiger partial charge in [0.15, 0.2) is 0 Å². The molecule has 0 saturated heterocycles. The zero-order chi connectivity index (χ0) is 17.0. The molecule has 23 heavy (non-hydrogen) atoms. The van der Waals surface area contributed by atoms with Crippen molar-refractivity contribution in [3.63, 3.8) is 0 Å². The summed E-state index contributed by atoms with van der Waals surface area (Å²) in [4.78, 5) is 37.3. The van der Waals surface area contributed by atoms with E-state index in [9.17, 15) is 27.6 Å². The molecule has 0 spiro atoms. The van der Waals surface area contributed by atoms with Crippen LogP contribution in [0.2, 0.25) is 0 Å². The second-order valence-corrected chi connectivity index (χ2v) is 4.41. The number of carbonyl (C=O) groups excluding carboxylic acids is 2. The van der Waals surface area contributed by atoms with Gasteiger partial charge in [0.1, 0.15) is 5.69 Å². The van der Waals surface area contributed by atoms with Crippen LogP contribution in [0.25, 0.3) is 0 Å². The summed E-state index contributed by atoms with van der Waals surface area (Å²) in [7, 11) is 0. The predicted octanol–water partition coefficient (Wildman–Crippen LogP) is 1.97. The molecule has 0 aliphatic rings. The van der Waals surface area contributed by atoms with Crippen LogP contribution in [0.4, 0.5) is 24.5 Å². The van der Waals surface area contributed by atoms with Crippen LogP contribution in [-0.4, -0.2) is 16.8 Å². The van der Waals surface area contributed by atoms with Gasteiger partial charge in [-0.15, -0.1) is 0 Å². The Hall–Kier alpha value is -3.10. The predicted molar refractivity (Wildman–Crippen MR) is 75.8 cm³/mol. The Morgan fingerprint density at radius 2 is 1.74 bits per heavy atom. The largest absolute Gasteiger partial charge is 0.416 e. The first kappa shape index (κ1) is 16.3. The molecule has 0 aliphatic heterocycles. The summed E-state index contributed by atoms with van der Waals surface area (Å²) in [5, 5.41) is 4.09.